The number of esters is 1. The molecule has 15 heavy (non-hydrogen) atoms. The fourth-order valence-electron chi connectivity index (χ4n) is 2.79. The predicted molar refractivity (Wildman–Crippen MR) is 53.9 cm³/mol. The number of rotatable bonds is 1. The van der Waals surface area contributed by atoms with Crippen LogP contribution in [0.4, 0.5) is 0 Å². The second-order valence-electron chi connectivity index (χ2n) is 4.36. The number of carbonyl (C=O) groups is 1. The van der Waals surface area contributed by atoms with Gasteiger partial charge in [0.15, 0.2) is 0 Å². The molecule has 0 aliphatic carbocycles. The summed E-state index contributed by atoms with van der Waals surface area (Å²) >= 11 is 0. The van der Waals surface area contributed by atoms with Gasteiger partial charge in [0.25, 0.3) is 0 Å². The number of hydrogen-bond donors (Lipinski definition) is 0. The van der Waals surface area contributed by atoms with Crippen LogP contribution in [0.1, 0.15) is 25.7 Å². The summed E-state index contributed by atoms with van der Waals surface area (Å²) in [7, 11) is 1.44. The summed E-state index contributed by atoms with van der Waals surface area (Å²) in [5, 5.41) is 8.87. The zero-order valence-corrected chi connectivity index (χ0v) is 8.98. The average Bonchev–Trinajstić information content (AvgIpc) is 2.70. The largest absolute Gasteiger partial charge is 0.468 e. The van der Waals surface area contributed by atoms with Gasteiger partial charge < -0.3 is 4.74 Å². The molecule has 2 rings (SSSR count). The molecule has 2 aliphatic heterocycles. The maximum Gasteiger partial charge on any atom is 0.323 e. The van der Waals surface area contributed by atoms with Crippen molar-refractivity contribution >= 4 is 5.97 Å². The Hall–Kier alpha value is -1.08. The van der Waals surface area contributed by atoms with E-state index in [0.717, 1.165) is 32.2 Å². The third-order valence-corrected chi connectivity index (χ3v) is 3.59. The van der Waals surface area contributed by atoms with E-state index in [1.54, 1.807) is 0 Å². The van der Waals surface area contributed by atoms with Gasteiger partial charge in [-0.1, -0.05) is 0 Å². The van der Waals surface area contributed by atoms with Crippen LogP contribution in [-0.2, 0) is 9.53 Å². The molecule has 2 saturated heterocycles. The second kappa shape index (κ2) is 4.19. The first-order valence-corrected chi connectivity index (χ1v) is 5.49. The van der Waals surface area contributed by atoms with Crippen molar-refractivity contribution in [2.24, 2.45) is 5.92 Å². The van der Waals surface area contributed by atoms with Gasteiger partial charge in [0, 0.05) is 18.5 Å². The Morgan fingerprint density at radius 1 is 1.47 bits per heavy atom. The van der Waals surface area contributed by atoms with E-state index in [4.69, 9.17) is 10.00 Å². The number of nitriles is 1. The molecule has 0 N–H and O–H groups in total. The van der Waals surface area contributed by atoms with Gasteiger partial charge >= 0.3 is 5.97 Å². The van der Waals surface area contributed by atoms with Crippen molar-refractivity contribution < 1.29 is 9.53 Å². The Morgan fingerprint density at radius 3 is 2.93 bits per heavy atom. The summed E-state index contributed by atoms with van der Waals surface area (Å²) in [5.74, 6) is 0.0653. The zero-order chi connectivity index (χ0) is 10.8. The van der Waals surface area contributed by atoms with Crippen molar-refractivity contribution in [3.05, 3.63) is 0 Å². The molecule has 0 saturated carbocycles. The van der Waals surface area contributed by atoms with Crippen LogP contribution in [0.25, 0.3) is 0 Å². The van der Waals surface area contributed by atoms with E-state index in [1.165, 1.54) is 7.11 Å². The number of piperidine rings is 1. The fourth-order valence-corrected chi connectivity index (χ4v) is 2.79. The molecule has 0 bridgehead atoms. The van der Waals surface area contributed by atoms with Gasteiger partial charge in [-0.3, -0.25) is 9.69 Å². The van der Waals surface area contributed by atoms with Crippen molar-refractivity contribution in [2.75, 3.05) is 13.7 Å². The van der Waals surface area contributed by atoms with Gasteiger partial charge in [-0.2, -0.15) is 5.26 Å². The van der Waals surface area contributed by atoms with E-state index in [2.05, 4.69) is 11.0 Å². The summed E-state index contributed by atoms with van der Waals surface area (Å²) in [6.07, 6.45) is 3.72. The lowest BCUT2D eigenvalue weighted by Crippen LogP contribution is -2.45. The van der Waals surface area contributed by atoms with Crippen LogP contribution >= 0.6 is 0 Å². The third kappa shape index (κ3) is 1.84. The van der Waals surface area contributed by atoms with Crippen LogP contribution in [0.2, 0.25) is 0 Å². The van der Waals surface area contributed by atoms with Crippen molar-refractivity contribution in [1.29, 1.82) is 5.26 Å². The molecule has 0 spiro atoms. The fraction of sp³-hybridized carbons (Fsp3) is 0.818. The molecule has 4 nitrogen and oxygen atoms in total. The Balaban J connectivity index is 2.01. The number of methoxy groups -OCH3 is 1. The molecule has 4 heteroatoms. The molecule has 0 radical (unpaired) electrons. The molecule has 0 aromatic heterocycles. The zero-order valence-electron chi connectivity index (χ0n) is 8.98. The summed E-state index contributed by atoms with van der Waals surface area (Å²) < 4.78 is 4.79. The van der Waals surface area contributed by atoms with Gasteiger partial charge in [-0.15, -0.1) is 0 Å². The number of fused-ring (bicyclic) bond motifs is 1. The smallest absolute Gasteiger partial charge is 0.323 e. The standard InChI is InChI=1S/C11H16N2O2/c1-15-11(14)10-3-2-9-6-8(7-12)4-5-13(9)10/h8-10H,2-6H2,1H3/t8?,9?,10-/m0/s1. The first-order valence-electron chi connectivity index (χ1n) is 5.49. The van der Waals surface area contributed by atoms with Crippen LogP contribution in [0, 0.1) is 17.2 Å². The minimum Gasteiger partial charge on any atom is -0.468 e. The highest BCUT2D eigenvalue weighted by Crippen LogP contribution is 2.34. The number of ether oxygens (including phenoxy) is 1. The number of hydrogen-bond acceptors (Lipinski definition) is 4. The topological polar surface area (TPSA) is 53.3 Å². The minimum atomic E-state index is -0.118. The van der Waals surface area contributed by atoms with Gasteiger partial charge in [-0.05, 0) is 25.7 Å². The SMILES string of the molecule is COC(=O)[C@@H]1CCC2CC(C#N)CCN21. The molecule has 0 aromatic carbocycles. The quantitative estimate of drug-likeness (QED) is 0.601. The van der Waals surface area contributed by atoms with E-state index in [-0.39, 0.29) is 17.9 Å². The van der Waals surface area contributed by atoms with Crippen LogP contribution in [0.3, 0.4) is 0 Å². The molecule has 2 fully saturated rings. The molecular formula is C11H16N2O2. The van der Waals surface area contributed by atoms with Crippen molar-refractivity contribution in [3.63, 3.8) is 0 Å². The Kier molecular flexibility index (Phi) is 2.92. The number of carbonyl (C=O) groups excluding carboxylic acids is 1. The van der Waals surface area contributed by atoms with E-state index in [1.807, 2.05) is 0 Å². The van der Waals surface area contributed by atoms with Gasteiger partial charge in [-0.25, -0.2) is 0 Å². The summed E-state index contributed by atoms with van der Waals surface area (Å²) in [5.41, 5.74) is 0. The molecule has 2 aliphatic rings. The molecule has 3 atom stereocenters. The van der Waals surface area contributed by atoms with Gasteiger partial charge in [0.1, 0.15) is 6.04 Å². The van der Waals surface area contributed by atoms with E-state index >= 15 is 0 Å². The molecule has 0 amide bonds. The lowest BCUT2D eigenvalue weighted by Gasteiger charge is -2.34. The van der Waals surface area contributed by atoms with Crippen LogP contribution in [0.15, 0.2) is 0 Å². The van der Waals surface area contributed by atoms with Crippen LogP contribution < -0.4 is 0 Å². The average molecular weight is 208 g/mol. The predicted octanol–water partition coefficient (Wildman–Crippen LogP) is 0.926. The van der Waals surface area contributed by atoms with Crippen molar-refractivity contribution in [3.8, 4) is 6.07 Å². The Bertz CT molecular complexity index is 297. The van der Waals surface area contributed by atoms with E-state index in [0.29, 0.717) is 6.04 Å². The summed E-state index contributed by atoms with van der Waals surface area (Å²) in [4.78, 5) is 13.7. The monoisotopic (exact) mass is 208 g/mol. The highest BCUT2D eigenvalue weighted by molar-refractivity contribution is 5.76. The van der Waals surface area contributed by atoms with Crippen LogP contribution in [-0.4, -0.2) is 36.6 Å². The van der Waals surface area contributed by atoms with E-state index < -0.39 is 0 Å². The lowest BCUT2D eigenvalue weighted by atomic mass is 9.92. The van der Waals surface area contributed by atoms with Gasteiger partial charge in [0.05, 0.1) is 13.2 Å². The molecule has 82 valence electrons. The molecule has 2 unspecified atom stereocenters. The molecule has 0 aromatic rings. The van der Waals surface area contributed by atoms with Crippen molar-refractivity contribution in [1.82, 2.24) is 4.90 Å². The van der Waals surface area contributed by atoms with E-state index in [9.17, 15) is 4.79 Å². The first kappa shape index (κ1) is 10.4. The van der Waals surface area contributed by atoms with Gasteiger partial charge in [0.2, 0.25) is 0 Å². The highest BCUT2D eigenvalue weighted by atomic mass is 16.5. The Labute approximate surface area is 89.8 Å². The lowest BCUT2D eigenvalue weighted by molar-refractivity contribution is -0.146. The number of nitrogens with zero attached hydrogens (tertiary/aromatic N) is 2. The Morgan fingerprint density at radius 2 is 2.27 bits per heavy atom. The second-order valence-corrected chi connectivity index (χ2v) is 4.36. The maximum absolute atomic E-state index is 11.5. The van der Waals surface area contributed by atoms with Crippen molar-refractivity contribution in [2.45, 2.75) is 37.8 Å². The van der Waals surface area contributed by atoms with Crippen LogP contribution in [0.5, 0.6) is 0 Å². The summed E-state index contributed by atoms with van der Waals surface area (Å²) in [6, 6.07) is 2.70. The third-order valence-electron chi connectivity index (χ3n) is 3.59. The molecule has 2 heterocycles. The molecular weight excluding hydrogens is 192 g/mol. The maximum atomic E-state index is 11.5. The normalized spacial score (nSPS) is 35.6. The first-order chi connectivity index (χ1) is 7.26. The minimum absolute atomic E-state index is 0.0559. The summed E-state index contributed by atoms with van der Waals surface area (Å²) in [6.45, 7) is 0.864. The highest BCUT2D eigenvalue weighted by Gasteiger charge is 2.41.